The molecule has 28 heavy (non-hydrogen) atoms. The van der Waals surface area contributed by atoms with Crippen LogP contribution in [0.25, 0.3) is 5.57 Å². The summed E-state index contributed by atoms with van der Waals surface area (Å²) < 4.78 is 7.13. The quantitative estimate of drug-likeness (QED) is 0.641. The number of rotatable bonds is 4. The first-order valence-corrected chi connectivity index (χ1v) is 9.92. The van der Waals surface area contributed by atoms with Crippen LogP contribution in [0.3, 0.4) is 0 Å². The summed E-state index contributed by atoms with van der Waals surface area (Å²) in [5, 5.41) is 10.5. The molecule has 2 atom stereocenters. The number of carbonyl (C=O) groups is 1. The zero-order valence-corrected chi connectivity index (χ0v) is 17.5. The molecule has 1 N–H and O–H groups in total. The van der Waals surface area contributed by atoms with E-state index in [-0.39, 0.29) is 23.5 Å². The summed E-state index contributed by atoms with van der Waals surface area (Å²) in [5.74, 6) is 5.99. The number of esters is 1. The molecule has 2 aliphatic rings. The second-order valence-electron chi connectivity index (χ2n) is 8.67. The molecule has 0 spiro atoms. The van der Waals surface area contributed by atoms with E-state index in [9.17, 15) is 14.7 Å². The van der Waals surface area contributed by atoms with Gasteiger partial charge in [-0.3, -0.25) is 4.79 Å². The topological polar surface area (TPSA) is 68.5 Å². The minimum absolute atomic E-state index is 0.131. The molecule has 0 bridgehead atoms. The average molecular weight is 383 g/mol. The lowest BCUT2D eigenvalue weighted by Gasteiger charge is -2.18. The van der Waals surface area contributed by atoms with Gasteiger partial charge in [0.15, 0.2) is 0 Å². The van der Waals surface area contributed by atoms with Gasteiger partial charge < -0.3 is 14.4 Å². The maximum Gasteiger partial charge on any atom is 0.339 e. The van der Waals surface area contributed by atoms with Crippen molar-refractivity contribution in [2.24, 2.45) is 18.9 Å². The number of ether oxygens (including phenoxy) is 1. The highest BCUT2D eigenvalue weighted by atomic mass is 16.5. The summed E-state index contributed by atoms with van der Waals surface area (Å²) in [7, 11) is 1.68. The minimum atomic E-state index is -1.06. The van der Waals surface area contributed by atoms with E-state index < -0.39 is 11.6 Å². The van der Waals surface area contributed by atoms with E-state index >= 15 is 0 Å². The third-order valence-electron chi connectivity index (χ3n) is 5.85. The fourth-order valence-corrected chi connectivity index (χ4v) is 3.49. The van der Waals surface area contributed by atoms with Gasteiger partial charge in [0.2, 0.25) is 0 Å². The van der Waals surface area contributed by atoms with Crippen molar-refractivity contribution >= 4 is 11.5 Å². The number of hydrogen-bond acceptors (Lipinski definition) is 4. The van der Waals surface area contributed by atoms with E-state index in [1.54, 1.807) is 20.2 Å². The number of hydrogen-bond donors (Lipinski definition) is 1. The maximum atomic E-state index is 12.9. The van der Waals surface area contributed by atoms with Crippen molar-refractivity contribution in [2.75, 3.05) is 0 Å². The molecule has 0 aliphatic heterocycles. The number of fused-ring (bicyclic) bond motifs is 1. The monoisotopic (exact) mass is 383 g/mol. The number of carbonyl (C=O) groups excluding carboxylic acids is 1. The lowest BCUT2D eigenvalue weighted by Crippen LogP contribution is -2.25. The summed E-state index contributed by atoms with van der Waals surface area (Å²) in [6.07, 6.45) is 3.77. The van der Waals surface area contributed by atoms with E-state index in [2.05, 4.69) is 11.8 Å². The van der Waals surface area contributed by atoms with Crippen LogP contribution in [0, 0.1) is 23.7 Å². The third kappa shape index (κ3) is 3.79. The highest BCUT2D eigenvalue weighted by Gasteiger charge is 2.39. The Bertz CT molecular complexity index is 965. The van der Waals surface area contributed by atoms with Crippen molar-refractivity contribution < 1.29 is 14.6 Å². The molecule has 2 unspecified atom stereocenters. The standard InChI is InChI=1S/C23H29NO4/c1-13(2)15(4)28-22(26)19-14(3)11-18-20(19)16(12-24(6)21(18)25)9-10-23(5,27)17-7-8-17/h12-13,15,17,27H,7-8,11H2,1-6H3. The summed E-state index contributed by atoms with van der Waals surface area (Å²) in [6, 6.07) is 0. The van der Waals surface area contributed by atoms with Gasteiger partial charge in [-0.25, -0.2) is 4.79 Å². The highest BCUT2D eigenvalue weighted by molar-refractivity contribution is 6.20. The molecule has 0 amide bonds. The van der Waals surface area contributed by atoms with Crippen molar-refractivity contribution in [3.05, 3.63) is 38.8 Å². The summed E-state index contributed by atoms with van der Waals surface area (Å²) in [5.41, 5.74) is 1.79. The molecule has 0 saturated heterocycles. The first kappa shape index (κ1) is 20.4. The van der Waals surface area contributed by atoms with Crippen LogP contribution in [0.4, 0.5) is 0 Å². The van der Waals surface area contributed by atoms with Gasteiger partial charge in [0.05, 0.1) is 5.57 Å². The van der Waals surface area contributed by atoms with Gasteiger partial charge in [0.1, 0.15) is 11.7 Å². The smallest absolute Gasteiger partial charge is 0.339 e. The van der Waals surface area contributed by atoms with E-state index in [4.69, 9.17) is 4.74 Å². The Hall–Kier alpha value is -2.32. The molecule has 5 nitrogen and oxygen atoms in total. The predicted octanol–water partition coefficient (Wildman–Crippen LogP) is 2.82. The van der Waals surface area contributed by atoms with Crippen LogP contribution in [0.2, 0.25) is 0 Å². The van der Waals surface area contributed by atoms with Gasteiger partial charge >= 0.3 is 5.97 Å². The van der Waals surface area contributed by atoms with Crippen LogP contribution in [-0.2, 0) is 23.0 Å². The molecule has 0 aromatic carbocycles. The molecule has 2 aliphatic carbocycles. The van der Waals surface area contributed by atoms with Crippen LogP contribution < -0.4 is 5.56 Å². The first-order valence-electron chi connectivity index (χ1n) is 9.92. The second-order valence-corrected chi connectivity index (χ2v) is 8.67. The molecule has 0 radical (unpaired) electrons. The van der Waals surface area contributed by atoms with Gasteiger partial charge in [0.25, 0.3) is 5.56 Å². The Labute approximate surface area is 166 Å². The molecule has 1 fully saturated rings. The molecule has 1 saturated carbocycles. The Morgan fingerprint density at radius 2 is 2.00 bits per heavy atom. The molecule has 1 aromatic rings. The van der Waals surface area contributed by atoms with Gasteiger partial charge in [-0.1, -0.05) is 31.3 Å². The van der Waals surface area contributed by atoms with Crippen molar-refractivity contribution in [3.8, 4) is 11.8 Å². The first-order chi connectivity index (χ1) is 13.0. The second kappa shape index (κ2) is 7.25. The van der Waals surface area contributed by atoms with Crippen LogP contribution in [0.1, 0.15) is 64.2 Å². The fourth-order valence-electron chi connectivity index (χ4n) is 3.49. The molecule has 150 valence electrons. The number of allylic oxidation sites excluding steroid dienone is 1. The summed E-state index contributed by atoms with van der Waals surface area (Å²) in [4.78, 5) is 25.6. The Balaban J connectivity index is 2.07. The highest BCUT2D eigenvalue weighted by Crippen LogP contribution is 2.39. The van der Waals surface area contributed by atoms with Crippen LogP contribution in [-0.4, -0.2) is 27.3 Å². The van der Waals surface area contributed by atoms with Crippen LogP contribution in [0.5, 0.6) is 0 Å². The molecule has 1 aromatic heterocycles. The Morgan fingerprint density at radius 1 is 1.36 bits per heavy atom. The molecule has 5 heteroatoms. The van der Waals surface area contributed by atoms with Crippen molar-refractivity contribution in [2.45, 2.75) is 65.6 Å². The number of aryl methyl sites for hydroxylation is 1. The van der Waals surface area contributed by atoms with Crippen molar-refractivity contribution in [1.29, 1.82) is 0 Å². The lowest BCUT2D eigenvalue weighted by atomic mass is 9.97. The fraction of sp³-hybridized carbons (Fsp3) is 0.565. The normalized spacial score (nSPS) is 19.0. The predicted molar refractivity (Wildman–Crippen MR) is 109 cm³/mol. The zero-order chi connectivity index (χ0) is 20.8. The van der Waals surface area contributed by atoms with E-state index in [0.717, 1.165) is 18.4 Å². The summed E-state index contributed by atoms with van der Waals surface area (Å²) in [6.45, 7) is 9.43. The largest absolute Gasteiger partial charge is 0.459 e. The van der Waals surface area contributed by atoms with Gasteiger partial charge in [-0.15, -0.1) is 0 Å². The molecule has 3 rings (SSSR count). The number of pyridine rings is 1. The Kier molecular flexibility index (Phi) is 5.29. The zero-order valence-electron chi connectivity index (χ0n) is 17.5. The minimum Gasteiger partial charge on any atom is -0.459 e. The van der Waals surface area contributed by atoms with Crippen LogP contribution in [0.15, 0.2) is 16.6 Å². The van der Waals surface area contributed by atoms with Gasteiger partial charge in [0, 0.05) is 36.4 Å². The molecule has 1 heterocycles. The Morgan fingerprint density at radius 3 is 2.57 bits per heavy atom. The number of aromatic nitrogens is 1. The average Bonchev–Trinajstić information content (AvgIpc) is 3.40. The lowest BCUT2D eigenvalue weighted by molar-refractivity contribution is -0.142. The number of nitrogens with zero attached hydrogens (tertiary/aromatic N) is 1. The summed E-state index contributed by atoms with van der Waals surface area (Å²) >= 11 is 0. The SMILES string of the molecule is CC1=C(C(=O)OC(C)C(C)C)c2c(C#CC(C)(O)C3CC3)cn(C)c(=O)c2C1. The van der Waals surface area contributed by atoms with Crippen molar-refractivity contribution in [1.82, 2.24) is 4.57 Å². The van der Waals surface area contributed by atoms with Gasteiger partial charge in [-0.2, -0.15) is 0 Å². The maximum absolute atomic E-state index is 12.9. The van der Waals surface area contributed by atoms with Crippen molar-refractivity contribution in [3.63, 3.8) is 0 Å². The van der Waals surface area contributed by atoms with E-state index in [1.165, 1.54) is 4.57 Å². The molecular weight excluding hydrogens is 354 g/mol. The van der Waals surface area contributed by atoms with Crippen LogP contribution >= 0.6 is 0 Å². The number of aliphatic hydroxyl groups is 1. The van der Waals surface area contributed by atoms with E-state index in [1.807, 2.05) is 27.7 Å². The molecular formula is C23H29NO4. The third-order valence-corrected chi connectivity index (χ3v) is 5.85. The van der Waals surface area contributed by atoms with E-state index in [0.29, 0.717) is 28.7 Å². The van der Waals surface area contributed by atoms with Gasteiger partial charge in [-0.05, 0) is 45.4 Å².